The first kappa shape index (κ1) is 15.4. The van der Waals surface area contributed by atoms with Crippen molar-refractivity contribution in [2.24, 2.45) is 0 Å². The third-order valence-corrected chi connectivity index (χ3v) is 2.33. The zero-order chi connectivity index (χ0) is 14.3. The van der Waals surface area contributed by atoms with Gasteiger partial charge in [0.15, 0.2) is 11.4 Å². The van der Waals surface area contributed by atoms with Crippen molar-refractivity contribution in [3.8, 4) is 5.75 Å². The van der Waals surface area contributed by atoms with Crippen molar-refractivity contribution in [2.75, 3.05) is 19.8 Å². The van der Waals surface area contributed by atoms with Gasteiger partial charge in [-0.3, -0.25) is 0 Å². The van der Waals surface area contributed by atoms with Gasteiger partial charge in [-0.2, -0.15) is 0 Å². The van der Waals surface area contributed by atoms with Crippen LogP contribution >= 0.6 is 0 Å². The van der Waals surface area contributed by atoms with Crippen molar-refractivity contribution in [2.45, 2.75) is 33.1 Å². The lowest BCUT2D eigenvalue weighted by Gasteiger charge is -2.10. The van der Waals surface area contributed by atoms with Crippen LogP contribution in [-0.2, 0) is 4.74 Å². The Morgan fingerprint density at radius 1 is 1.37 bits per heavy atom. The fraction of sp³-hybridized carbons (Fsp3) is 0.615. The summed E-state index contributed by atoms with van der Waals surface area (Å²) in [4.78, 5) is 19.2. The molecule has 0 atom stereocenters. The Kier molecular flexibility index (Phi) is 6.21. The van der Waals surface area contributed by atoms with Crippen LogP contribution in [0.15, 0.2) is 6.20 Å². The van der Waals surface area contributed by atoms with Crippen molar-refractivity contribution in [3.05, 3.63) is 17.7 Å². The summed E-state index contributed by atoms with van der Waals surface area (Å²) in [6.07, 6.45) is 2.35. The van der Waals surface area contributed by atoms with Crippen LogP contribution in [-0.4, -0.2) is 40.9 Å². The predicted octanol–water partition coefficient (Wildman–Crippen LogP) is 2.10. The van der Waals surface area contributed by atoms with E-state index in [9.17, 15) is 4.79 Å². The summed E-state index contributed by atoms with van der Waals surface area (Å²) in [5, 5.41) is 9.11. The van der Waals surface area contributed by atoms with E-state index in [0.717, 1.165) is 6.42 Å². The summed E-state index contributed by atoms with van der Waals surface area (Å²) in [7, 11) is 0. The molecule has 6 nitrogen and oxygen atoms in total. The molecule has 1 rings (SSSR count). The molecule has 6 heteroatoms. The van der Waals surface area contributed by atoms with E-state index < -0.39 is 5.97 Å². The van der Waals surface area contributed by atoms with Crippen LogP contribution in [0.4, 0.5) is 0 Å². The molecular formula is C13H20N2O4. The molecule has 1 heterocycles. The van der Waals surface area contributed by atoms with Gasteiger partial charge in [0, 0.05) is 12.5 Å². The third kappa shape index (κ3) is 4.82. The number of carboxylic acids is 1. The topological polar surface area (TPSA) is 81.5 Å². The lowest BCUT2D eigenvalue weighted by atomic mass is 10.2. The molecule has 0 aromatic carbocycles. The number of aromatic nitrogens is 2. The highest BCUT2D eigenvalue weighted by Gasteiger charge is 2.16. The normalized spacial score (nSPS) is 10.7. The summed E-state index contributed by atoms with van der Waals surface area (Å²) in [6.45, 7) is 7.18. The van der Waals surface area contributed by atoms with Crippen LogP contribution in [0.25, 0.3) is 0 Å². The van der Waals surface area contributed by atoms with Crippen molar-refractivity contribution < 1.29 is 19.4 Å². The van der Waals surface area contributed by atoms with Crippen molar-refractivity contribution >= 4 is 5.97 Å². The zero-order valence-electron chi connectivity index (χ0n) is 11.5. The number of carboxylic acid groups (broad SMARTS) is 1. The van der Waals surface area contributed by atoms with Crippen LogP contribution in [0.2, 0.25) is 0 Å². The number of carbonyl (C=O) groups is 1. The van der Waals surface area contributed by atoms with Crippen LogP contribution in [0.3, 0.4) is 0 Å². The van der Waals surface area contributed by atoms with E-state index in [4.69, 9.17) is 14.6 Å². The Morgan fingerprint density at radius 2 is 2.11 bits per heavy atom. The molecule has 0 radical (unpaired) electrons. The Hall–Kier alpha value is -1.69. The van der Waals surface area contributed by atoms with Crippen LogP contribution in [0.5, 0.6) is 5.75 Å². The molecule has 0 aliphatic heterocycles. The molecule has 1 aromatic heterocycles. The third-order valence-electron chi connectivity index (χ3n) is 2.33. The van der Waals surface area contributed by atoms with Crippen LogP contribution in [0, 0.1) is 0 Å². The second-order valence-electron chi connectivity index (χ2n) is 4.36. The van der Waals surface area contributed by atoms with Crippen LogP contribution < -0.4 is 4.74 Å². The summed E-state index contributed by atoms with van der Waals surface area (Å²) in [5.74, 6) is -0.377. The van der Waals surface area contributed by atoms with E-state index >= 15 is 0 Å². The van der Waals surface area contributed by atoms with Gasteiger partial charge >= 0.3 is 5.97 Å². The maximum absolute atomic E-state index is 11.1. The molecule has 1 aromatic rings. The lowest BCUT2D eigenvalue weighted by Crippen LogP contribution is -2.13. The van der Waals surface area contributed by atoms with Gasteiger partial charge in [-0.25, -0.2) is 14.8 Å². The van der Waals surface area contributed by atoms with Gasteiger partial charge in [-0.05, 0) is 6.42 Å². The molecule has 1 N–H and O–H groups in total. The van der Waals surface area contributed by atoms with Gasteiger partial charge in [-0.15, -0.1) is 0 Å². The number of ether oxygens (including phenoxy) is 2. The standard InChI is InChI=1S/C13H20N2O4/c1-4-5-18-6-7-19-10-8-14-12(9(2)3)15-11(10)13(16)17/h8-9H,4-7H2,1-3H3,(H,16,17). The average molecular weight is 268 g/mol. The second kappa shape index (κ2) is 7.68. The smallest absolute Gasteiger partial charge is 0.358 e. The molecular weight excluding hydrogens is 248 g/mol. The minimum atomic E-state index is -1.12. The van der Waals surface area contributed by atoms with Crippen molar-refractivity contribution in [1.82, 2.24) is 9.97 Å². The van der Waals surface area contributed by atoms with Gasteiger partial charge < -0.3 is 14.6 Å². The zero-order valence-corrected chi connectivity index (χ0v) is 11.5. The Morgan fingerprint density at radius 3 is 2.68 bits per heavy atom. The van der Waals surface area contributed by atoms with Gasteiger partial charge in [0.25, 0.3) is 0 Å². The summed E-state index contributed by atoms with van der Waals surface area (Å²) in [6, 6.07) is 0. The van der Waals surface area contributed by atoms with E-state index in [1.54, 1.807) is 0 Å². The fourth-order valence-electron chi connectivity index (χ4n) is 1.38. The van der Waals surface area contributed by atoms with Crippen molar-refractivity contribution in [1.29, 1.82) is 0 Å². The lowest BCUT2D eigenvalue weighted by molar-refractivity contribution is 0.0677. The Bertz CT molecular complexity index is 421. The average Bonchev–Trinajstić information content (AvgIpc) is 2.38. The van der Waals surface area contributed by atoms with E-state index in [0.29, 0.717) is 19.0 Å². The van der Waals surface area contributed by atoms with Gasteiger partial charge in [-0.1, -0.05) is 20.8 Å². The first-order valence-electron chi connectivity index (χ1n) is 6.37. The highest BCUT2D eigenvalue weighted by atomic mass is 16.5. The maximum atomic E-state index is 11.1. The van der Waals surface area contributed by atoms with E-state index in [2.05, 4.69) is 9.97 Å². The summed E-state index contributed by atoms with van der Waals surface area (Å²) >= 11 is 0. The number of hydrogen-bond acceptors (Lipinski definition) is 5. The van der Waals surface area contributed by atoms with Gasteiger partial charge in [0.05, 0.1) is 12.8 Å². The highest BCUT2D eigenvalue weighted by Crippen LogP contribution is 2.18. The molecule has 106 valence electrons. The van der Waals surface area contributed by atoms with E-state index in [1.165, 1.54) is 6.20 Å². The molecule has 0 spiro atoms. The number of nitrogens with zero attached hydrogens (tertiary/aromatic N) is 2. The van der Waals surface area contributed by atoms with Crippen LogP contribution in [0.1, 0.15) is 49.4 Å². The SMILES string of the molecule is CCCOCCOc1cnc(C(C)C)nc1C(=O)O. The highest BCUT2D eigenvalue weighted by molar-refractivity contribution is 5.88. The molecule has 0 aliphatic carbocycles. The number of aromatic carboxylic acids is 1. The molecule has 0 saturated heterocycles. The fourth-order valence-corrected chi connectivity index (χ4v) is 1.38. The molecule has 0 unspecified atom stereocenters. The monoisotopic (exact) mass is 268 g/mol. The first-order chi connectivity index (χ1) is 9.06. The quantitative estimate of drug-likeness (QED) is 0.727. The van der Waals surface area contributed by atoms with Gasteiger partial charge in [0.1, 0.15) is 12.4 Å². The van der Waals surface area contributed by atoms with E-state index in [1.807, 2.05) is 20.8 Å². The Balaban J connectivity index is 2.69. The van der Waals surface area contributed by atoms with E-state index in [-0.39, 0.29) is 24.0 Å². The number of hydrogen-bond donors (Lipinski definition) is 1. The van der Waals surface area contributed by atoms with Crippen molar-refractivity contribution in [3.63, 3.8) is 0 Å². The minimum Gasteiger partial charge on any atom is -0.487 e. The molecule has 0 saturated carbocycles. The molecule has 0 amide bonds. The first-order valence-corrected chi connectivity index (χ1v) is 6.37. The largest absolute Gasteiger partial charge is 0.487 e. The predicted molar refractivity (Wildman–Crippen MR) is 69.7 cm³/mol. The molecule has 19 heavy (non-hydrogen) atoms. The summed E-state index contributed by atoms with van der Waals surface area (Å²) in [5.41, 5.74) is -0.103. The summed E-state index contributed by atoms with van der Waals surface area (Å²) < 4.78 is 10.6. The second-order valence-corrected chi connectivity index (χ2v) is 4.36. The maximum Gasteiger partial charge on any atom is 0.358 e. The minimum absolute atomic E-state index is 0.0695. The Labute approximate surface area is 112 Å². The number of rotatable bonds is 8. The molecule has 0 fully saturated rings. The molecule has 0 bridgehead atoms. The molecule has 0 aliphatic rings. The van der Waals surface area contributed by atoms with Gasteiger partial charge in [0.2, 0.25) is 0 Å².